The lowest BCUT2D eigenvalue weighted by Gasteiger charge is -2.38. The van der Waals surface area contributed by atoms with E-state index in [0.29, 0.717) is 12.0 Å². The van der Waals surface area contributed by atoms with Crippen LogP contribution in [0.15, 0.2) is 65.5 Å². The first-order valence-electron chi connectivity index (χ1n) is 11.0. The van der Waals surface area contributed by atoms with Gasteiger partial charge in [0.2, 0.25) is 0 Å². The van der Waals surface area contributed by atoms with Crippen molar-refractivity contribution in [2.45, 2.75) is 57.5 Å². The van der Waals surface area contributed by atoms with E-state index in [1.165, 1.54) is 0 Å². The molecule has 3 aliphatic rings. The van der Waals surface area contributed by atoms with Crippen LogP contribution in [0.4, 0.5) is 0 Å². The normalized spacial score (nSPS) is 24.4. The van der Waals surface area contributed by atoms with E-state index < -0.39 is 0 Å². The van der Waals surface area contributed by atoms with Gasteiger partial charge in [0.05, 0.1) is 11.5 Å². The van der Waals surface area contributed by atoms with E-state index in [1.807, 2.05) is 25.1 Å². The SMILES string of the molecule is CC1=C(C(=O)OC2CCCC2)C(c2cccc3ccccc23)C2C(=O)CCC=C2N1. The van der Waals surface area contributed by atoms with Crippen LogP contribution in [0.2, 0.25) is 0 Å². The number of allylic oxidation sites excluding steroid dienone is 3. The van der Waals surface area contributed by atoms with Crippen LogP contribution in [0, 0.1) is 5.92 Å². The van der Waals surface area contributed by atoms with Gasteiger partial charge in [-0.15, -0.1) is 0 Å². The molecule has 1 aliphatic heterocycles. The number of benzene rings is 2. The highest BCUT2D eigenvalue weighted by molar-refractivity contribution is 5.98. The van der Waals surface area contributed by atoms with Crippen molar-refractivity contribution in [3.63, 3.8) is 0 Å². The van der Waals surface area contributed by atoms with Gasteiger partial charge < -0.3 is 10.1 Å². The van der Waals surface area contributed by atoms with Crippen LogP contribution in [0.1, 0.15) is 56.9 Å². The maximum Gasteiger partial charge on any atom is 0.336 e. The molecule has 1 N–H and O–H groups in total. The highest BCUT2D eigenvalue weighted by Crippen LogP contribution is 2.46. The Kier molecular flexibility index (Phi) is 4.93. The third kappa shape index (κ3) is 3.24. The molecule has 4 heteroatoms. The second-order valence-corrected chi connectivity index (χ2v) is 8.66. The number of carbonyl (C=O) groups is 2. The number of esters is 1. The second kappa shape index (κ2) is 7.75. The molecule has 0 aromatic heterocycles. The number of Topliss-reactive ketones (excluding diaryl/α,β-unsaturated/α-hetero) is 1. The number of carbonyl (C=O) groups excluding carboxylic acids is 2. The number of hydrogen-bond donors (Lipinski definition) is 1. The van der Waals surface area contributed by atoms with E-state index in [0.717, 1.165) is 59.8 Å². The van der Waals surface area contributed by atoms with Crippen LogP contribution in [-0.4, -0.2) is 17.9 Å². The van der Waals surface area contributed by atoms with E-state index in [4.69, 9.17) is 4.74 Å². The van der Waals surface area contributed by atoms with Crippen LogP contribution in [0.3, 0.4) is 0 Å². The largest absolute Gasteiger partial charge is 0.459 e. The third-order valence-corrected chi connectivity index (χ3v) is 6.77. The van der Waals surface area contributed by atoms with Crippen molar-refractivity contribution < 1.29 is 14.3 Å². The van der Waals surface area contributed by atoms with Gasteiger partial charge in [0, 0.05) is 23.7 Å². The fourth-order valence-corrected chi connectivity index (χ4v) is 5.36. The summed E-state index contributed by atoms with van der Waals surface area (Å²) in [5.41, 5.74) is 3.36. The Bertz CT molecular complexity index is 1070. The molecule has 0 amide bonds. The molecule has 154 valence electrons. The van der Waals surface area contributed by atoms with Crippen molar-refractivity contribution >= 4 is 22.5 Å². The zero-order chi connectivity index (χ0) is 20.7. The molecule has 2 unspecified atom stereocenters. The van der Waals surface area contributed by atoms with Crippen molar-refractivity contribution in [3.05, 3.63) is 71.1 Å². The van der Waals surface area contributed by atoms with Crippen molar-refractivity contribution in [1.82, 2.24) is 5.32 Å². The molecule has 0 spiro atoms. The zero-order valence-electron chi connectivity index (χ0n) is 17.3. The van der Waals surface area contributed by atoms with Gasteiger partial charge >= 0.3 is 5.97 Å². The van der Waals surface area contributed by atoms with E-state index >= 15 is 0 Å². The van der Waals surface area contributed by atoms with Gasteiger partial charge in [0.1, 0.15) is 11.9 Å². The van der Waals surface area contributed by atoms with Crippen LogP contribution in [0.5, 0.6) is 0 Å². The summed E-state index contributed by atoms with van der Waals surface area (Å²) in [7, 11) is 0. The molecule has 2 atom stereocenters. The molecule has 2 aromatic rings. The average Bonchev–Trinajstić information content (AvgIpc) is 3.25. The van der Waals surface area contributed by atoms with Gasteiger partial charge in [0.25, 0.3) is 0 Å². The number of nitrogens with one attached hydrogen (secondary N) is 1. The van der Waals surface area contributed by atoms with Gasteiger partial charge in [-0.3, -0.25) is 4.79 Å². The number of ether oxygens (including phenoxy) is 1. The molecule has 2 aliphatic carbocycles. The molecular formula is C26H27NO3. The Morgan fingerprint density at radius 1 is 1.03 bits per heavy atom. The summed E-state index contributed by atoms with van der Waals surface area (Å²) in [4.78, 5) is 26.5. The molecule has 1 fully saturated rings. The summed E-state index contributed by atoms with van der Waals surface area (Å²) >= 11 is 0. The summed E-state index contributed by atoms with van der Waals surface area (Å²) in [5.74, 6) is -0.774. The minimum atomic E-state index is -0.362. The first-order valence-corrected chi connectivity index (χ1v) is 11.0. The summed E-state index contributed by atoms with van der Waals surface area (Å²) in [6.07, 6.45) is 7.44. The Labute approximate surface area is 177 Å². The molecule has 0 bridgehead atoms. The molecule has 30 heavy (non-hydrogen) atoms. The molecule has 1 heterocycles. The Morgan fingerprint density at radius 2 is 1.80 bits per heavy atom. The monoisotopic (exact) mass is 401 g/mol. The molecule has 5 rings (SSSR count). The number of fused-ring (bicyclic) bond motifs is 2. The highest BCUT2D eigenvalue weighted by atomic mass is 16.5. The van der Waals surface area contributed by atoms with Crippen LogP contribution < -0.4 is 5.32 Å². The smallest absolute Gasteiger partial charge is 0.336 e. The minimum absolute atomic E-state index is 0.00929. The average molecular weight is 402 g/mol. The Hall–Kier alpha value is -2.88. The summed E-state index contributed by atoms with van der Waals surface area (Å²) < 4.78 is 5.93. The second-order valence-electron chi connectivity index (χ2n) is 8.66. The van der Waals surface area contributed by atoms with E-state index in [2.05, 4.69) is 35.7 Å². The lowest BCUT2D eigenvalue weighted by atomic mass is 9.70. The van der Waals surface area contributed by atoms with Gasteiger partial charge in [-0.1, -0.05) is 48.5 Å². The Balaban J connectivity index is 1.66. The molecule has 0 saturated heterocycles. The Morgan fingerprint density at radius 3 is 2.63 bits per heavy atom. The van der Waals surface area contributed by atoms with E-state index in [1.54, 1.807) is 0 Å². The molecule has 1 saturated carbocycles. The number of rotatable bonds is 3. The molecule has 0 radical (unpaired) electrons. The van der Waals surface area contributed by atoms with Crippen LogP contribution >= 0.6 is 0 Å². The van der Waals surface area contributed by atoms with Crippen molar-refractivity contribution in [2.75, 3.05) is 0 Å². The lowest BCUT2D eigenvalue weighted by Crippen LogP contribution is -2.41. The zero-order valence-corrected chi connectivity index (χ0v) is 17.3. The first-order chi connectivity index (χ1) is 14.6. The van der Waals surface area contributed by atoms with Gasteiger partial charge in [-0.2, -0.15) is 0 Å². The van der Waals surface area contributed by atoms with Gasteiger partial charge in [-0.25, -0.2) is 4.79 Å². The quantitative estimate of drug-likeness (QED) is 0.723. The van der Waals surface area contributed by atoms with Gasteiger partial charge in [-0.05, 0) is 55.4 Å². The van der Waals surface area contributed by atoms with Gasteiger partial charge in [0.15, 0.2) is 0 Å². The maximum atomic E-state index is 13.4. The molecular weight excluding hydrogens is 374 g/mol. The van der Waals surface area contributed by atoms with E-state index in [-0.39, 0.29) is 29.7 Å². The summed E-state index contributed by atoms with van der Waals surface area (Å²) in [5, 5.41) is 5.57. The maximum absolute atomic E-state index is 13.4. The third-order valence-electron chi connectivity index (χ3n) is 6.77. The lowest BCUT2D eigenvalue weighted by molar-refractivity contribution is -0.144. The summed E-state index contributed by atoms with van der Waals surface area (Å²) in [6, 6.07) is 14.3. The van der Waals surface area contributed by atoms with Crippen molar-refractivity contribution in [2.24, 2.45) is 5.92 Å². The first kappa shape index (κ1) is 19.1. The van der Waals surface area contributed by atoms with Crippen LogP contribution in [-0.2, 0) is 14.3 Å². The predicted octanol–water partition coefficient (Wildman–Crippen LogP) is 5.15. The predicted molar refractivity (Wildman–Crippen MR) is 117 cm³/mol. The standard InChI is InChI=1S/C26H27NO3/c1-16-23(26(29)30-18-10-3-4-11-18)24(25-21(27-16)14-7-15-22(25)28)20-13-6-9-17-8-2-5-12-19(17)20/h2,5-6,8-9,12-14,18,24-25,27H,3-4,7,10-11,15H2,1H3. The molecule has 4 nitrogen and oxygen atoms in total. The van der Waals surface area contributed by atoms with E-state index in [9.17, 15) is 9.59 Å². The van der Waals surface area contributed by atoms with Crippen LogP contribution in [0.25, 0.3) is 10.8 Å². The fraction of sp³-hybridized carbons (Fsp3) is 0.385. The molecule has 2 aromatic carbocycles. The minimum Gasteiger partial charge on any atom is -0.459 e. The van der Waals surface area contributed by atoms with Crippen molar-refractivity contribution in [1.29, 1.82) is 0 Å². The number of hydrogen-bond acceptors (Lipinski definition) is 4. The topological polar surface area (TPSA) is 55.4 Å². The number of ketones is 1. The highest BCUT2D eigenvalue weighted by Gasteiger charge is 2.44. The fourth-order valence-electron chi connectivity index (χ4n) is 5.36. The summed E-state index contributed by atoms with van der Waals surface area (Å²) in [6.45, 7) is 1.93. The van der Waals surface area contributed by atoms with Crippen molar-refractivity contribution in [3.8, 4) is 0 Å².